The third-order valence-electron chi connectivity index (χ3n) is 3.55. The molecule has 0 radical (unpaired) electrons. The van der Waals surface area contributed by atoms with Crippen LogP contribution in [0.25, 0.3) is 0 Å². The first-order valence-corrected chi connectivity index (χ1v) is 8.41. The molecule has 0 spiro atoms. The Bertz CT molecular complexity index is 497. The Balaban J connectivity index is 1.84. The molecule has 21 heavy (non-hydrogen) atoms. The molecule has 0 saturated carbocycles. The molecule has 1 aromatic rings. The number of carbonyl (C=O) groups is 1. The van der Waals surface area contributed by atoms with Gasteiger partial charge in [-0.3, -0.25) is 9.69 Å². The van der Waals surface area contributed by atoms with Crippen molar-refractivity contribution in [1.82, 2.24) is 19.8 Å². The summed E-state index contributed by atoms with van der Waals surface area (Å²) in [6.07, 6.45) is 3.60. The summed E-state index contributed by atoms with van der Waals surface area (Å²) in [6, 6.07) is 0.205. The fraction of sp³-hybridized carbons (Fsp3) is 0.692. The summed E-state index contributed by atoms with van der Waals surface area (Å²) in [7, 11) is 0. The van der Waals surface area contributed by atoms with Gasteiger partial charge in [-0.15, -0.1) is 5.10 Å². The molecule has 0 aromatic carbocycles. The van der Waals surface area contributed by atoms with E-state index in [2.05, 4.69) is 26.7 Å². The van der Waals surface area contributed by atoms with Gasteiger partial charge < -0.3 is 11.1 Å². The van der Waals surface area contributed by atoms with Gasteiger partial charge in [-0.05, 0) is 30.8 Å². The lowest BCUT2D eigenvalue weighted by molar-refractivity contribution is 0.0918. The van der Waals surface area contributed by atoms with E-state index in [1.54, 1.807) is 0 Å². The second-order valence-electron chi connectivity index (χ2n) is 5.29. The molecule has 3 N–H and O–H groups in total. The fourth-order valence-electron chi connectivity index (χ4n) is 2.49. The van der Waals surface area contributed by atoms with Crippen molar-refractivity contribution in [2.24, 2.45) is 5.73 Å². The number of hydrogen-bond donors (Lipinski definition) is 2. The number of rotatable bonds is 6. The van der Waals surface area contributed by atoms with Crippen molar-refractivity contribution in [2.45, 2.75) is 38.6 Å². The Morgan fingerprint density at radius 3 is 2.86 bits per heavy atom. The van der Waals surface area contributed by atoms with E-state index < -0.39 is 0 Å². The second-order valence-corrected chi connectivity index (χ2v) is 6.57. The maximum atomic E-state index is 12.3. The van der Waals surface area contributed by atoms with Crippen molar-refractivity contribution in [1.29, 1.82) is 0 Å². The molecule has 0 bridgehead atoms. The van der Waals surface area contributed by atoms with E-state index in [4.69, 9.17) is 18.0 Å². The predicted octanol–water partition coefficient (Wildman–Crippen LogP) is 0.971. The van der Waals surface area contributed by atoms with Gasteiger partial charge in [0.25, 0.3) is 5.91 Å². The number of nitrogens with two attached hydrogens (primary N) is 1. The van der Waals surface area contributed by atoms with Gasteiger partial charge in [0.05, 0.1) is 10.7 Å². The summed E-state index contributed by atoms with van der Waals surface area (Å²) in [5.41, 5.74) is 6.37. The maximum Gasteiger partial charge on any atom is 0.265 e. The van der Waals surface area contributed by atoms with Crippen LogP contribution in [0.1, 0.15) is 41.6 Å². The van der Waals surface area contributed by atoms with Gasteiger partial charge in [-0.25, -0.2) is 0 Å². The molecule has 0 aliphatic carbocycles. The number of hydrogen-bond acceptors (Lipinski definition) is 6. The molecule has 6 nitrogen and oxygen atoms in total. The third-order valence-corrected chi connectivity index (χ3v) is 4.45. The van der Waals surface area contributed by atoms with E-state index >= 15 is 0 Å². The van der Waals surface area contributed by atoms with Gasteiger partial charge in [-0.2, -0.15) is 0 Å². The highest BCUT2D eigenvalue weighted by Gasteiger charge is 2.23. The summed E-state index contributed by atoms with van der Waals surface area (Å²) in [5, 5.41) is 7.13. The van der Waals surface area contributed by atoms with Crippen LogP contribution in [0.3, 0.4) is 0 Å². The minimum Gasteiger partial charge on any atom is -0.392 e. The zero-order valence-corrected chi connectivity index (χ0v) is 13.8. The molecular formula is C13H21N5OS2. The number of carbonyl (C=O) groups excluding carboxylic acids is 1. The van der Waals surface area contributed by atoms with Gasteiger partial charge >= 0.3 is 0 Å². The zero-order chi connectivity index (χ0) is 15.2. The summed E-state index contributed by atoms with van der Waals surface area (Å²) in [6.45, 7) is 4.55. The summed E-state index contributed by atoms with van der Waals surface area (Å²) in [4.78, 5) is 15.7. The minimum absolute atomic E-state index is 0.0405. The smallest absolute Gasteiger partial charge is 0.265 e. The normalized spacial score (nSPS) is 16.8. The Labute approximate surface area is 134 Å². The van der Waals surface area contributed by atoms with Gasteiger partial charge in [0.15, 0.2) is 0 Å². The van der Waals surface area contributed by atoms with Crippen LogP contribution in [0.2, 0.25) is 0 Å². The molecule has 0 atom stereocenters. The number of thiocarbonyl (C=S) groups is 1. The molecule has 1 amide bonds. The predicted molar refractivity (Wildman–Crippen MR) is 87.6 cm³/mol. The van der Waals surface area contributed by atoms with Crippen molar-refractivity contribution in [3.63, 3.8) is 0 Å². The molecule has 2 rings (SSSR count). The second kappa shape index (κ2) is 7.77. The van der Waals surface area contributed by atoms with Crippen molar-refractivity contribution in [2.75, 3.05) is 19.6 Å². The van der Waals surface area contributed by atoms with Gasteiger partial charge in [0.1, 0.15) is 4.88 Å². The summed E-state index contributed by atoms with van der Waals surface area (Å²) in [5.74, 6) is -0.0405. The number of amides is 1. The topological polar surface area (TPSA) is 84.1 Å². The van der Waals surface area contributed by atoms with E-state index in [0.29, 0.717) is 16.4 Å². The van der Waals surface area contributed by atoms with Crippen LogP contribution in [0, 0.1) is 0 Å². The number of likely N-dealkylation sites (tertiary alicyclic amines) is 1. The van der Waals surface area contributed by atoms with Crippen LogP contribution in [0.5, 0.6) is 0 Å². The molecule has 2 heterocycles. The monoisotopic (exact) mass is 327 g/mol. The van der Waals surface area contributed by atoms with Crippen LogP contribution in [0.4, 0.5) is 0 Å². The number of nitrogens with one attached hydrogen (secondary N) is 1. The molecule has 1 saturated heterocycles. The van der Waals surface area contributed by atoms with Crippen molar-refractivity contribution >= 4 is 34.6 Å². The highest BCUT2D eigenvalue weighted by molar-refractivity contribution is 7.80. The molecule has 1 aliphatic heterocycles. The molecule has 1 aliphatic rings. The standard InChI is InChI=1S/C13H21N5OS2/c1-2-3-10-12(21-17-16-10)13(19)15-9-4-6-18(7-5-9)8-11(14)20/h9H,2-8H2,1H3,(H2,14,20)(H,15,19). The minimum atomic E-state index is -0.0405. The summed E-state index contributed by atoms with van der Waals surface area (Å²) >= 11 is 6.10. The lowest BCUT2D eigenvalue weighted by Gasteiger charge is -2.31. The molecule has 0 unspecified atom stereocenters. The SMILES string of the molecule is CCCc1nnsc1C(=O)NC1CCN(CC(N)=S)CC1. The molecule has 8 heteroatoms. The van der Waals surface area contributed by atoms with Gasteiger partial charge in [0.2, 0.25) is 0 Å². The first-order chi connectivity index (χ1) is 10.1. The van der Waals surface area contributed by atoms with Gasteiger partial charge in [-0.1, -0.05) is 30.1 Å². The molecular weight excluding hydrogens is 306 g/mol. The number of nitrogens with zero attached hydrogens (tertiary/aromatic N) is 3. The highest BCUT2D eigenvalue weighted by atomic mass is 32.1. The van der Waals surface area contributed by atoms with Crippen LogP contribution < -0.4 is 11.1 Å². The quantitative estimate of drug-likeness (QED) is 0.758. The Kier molecular flexibility index (Phi) is 6.01. The Morgan fingerprint density at radius 2 is 2.24 bits per heavy atom. The largest absolute Gasteiger partial charge is 0.392 e. The summed E-state index contributed by atoms with van der Waals surface area (Å²) < 4.78 is 3.89. The first kappa shape index (κ1) is 16.3. The average molecular weight is 327 g/mol. The average Bonchev–Trinajstić information content (AvgIpc) is 2.89. The van der Waals surface area contributed by atoms with Gasteiger partial charge in [0, 0.05) is 25.7 Å². The lowest BCUT2D eigenvalue weighted by Crippen LogP contribution is -2.46. The Morgan fingerprint density at radius 1 is 1.52 bits per heavy atom. The molecule has 116 valence electrons. The van der Waals surface area contributed by atoms with Crippen molar-refractivity contribution in [3.8, 4) is 0 Å². The number of aromatic nitrogens is 2. The van der Waals surface area contributed by atoms with Crippen LogP contribution >= 0.6 is 23.8 Å². The van der Waals surface area contributed by atoms with E-state index in [1.165, 1.54) is 11.5 Å². The van der Waals surface area contributed by atoms with Crippen molar-refractivity contribution < 1.29 is 4.79 Å². The van der Waals surface area contributed by atoms with E-state index in [1.807, 2.05) is 0 Å². The zero-order valence-electron chi connectivity index (χ0n) is 12.2. The van der Waals surface area contributed by atoms with Crippen LogP contribution in [-0.4, -0.2) is 51.1 Å². The van der Waals surface area contributed by atoms with E-state index in [-0.39, 0.29) is 11.9 Å². The number of aryl methyl sites for hydroxylation is 1. The lowest BCUT2D eigenvalue weighted by atomic mass is 10.0. The van der Waals surface area contributed by atoms with Crippen molar-refractivity contribution in [3.05, 3.63) is 10.6 Å². The first-order valence-electron chi connectivity index (χ1n) is 7.23. The van der Waals surface area contributed by atoms with Crippen LogP contribution in [0.15, 0.2) is 0 Å². The molecule has 1 fully saturated rings. The van der Waals surface area contributed by atoms with E-state index in [0.717, 1.165) is 44.5 Å². The number of piperidine rings is 1. The maximum absolute atomic E-state index is 12.3. The third kappa shape index (κ3) is 4.69. The molecule has 1 aromatic heterocycles. The fourth-order valence-corrected chi connectivity index (χ4v) is 3.28. The van der Waals surface area contributed by atoms with E-state index in [9.17, 15) is 4.79 Å². The highest BCUT2D eigenvalue weighted by Crippen LogP contribution is 2.15. The van der Waals surface area contributed by atoms with Crippen LogP contribution in [-0.2, 0) is 6.42 Å². The Hall–Kier alpha value is -1.12.